The molecule has 0 N–H and O–H groups in total. The van der Waals surface area contributed by atoms with Gasteiger partial charge in [-0.05, 0) is 55.3 Å². The zero-order valence-electron chi connectivity index (χ0n) is 12.7. The molecule has 0 radical (unpaired) electrons. The Morgan fingerprint density at radius 2 is 1.23 bits per heavy atom. The Hall–Kier alpha value is -2.74. The fourth-order valence-corrected chi connectivity index (χ4v) is 2.21. The topological polar surface area (TPSA) is 18.5 Å². The van der Waals surface area contributed by atoms with Crippen molar-refractivity contribution in [3.63, 3.8) is 0 Å². The van der Waals surface area contributed by atoms with Crippen LogP contribution in [0.4, 0.5) is 0 Å². The van der Waals surface area contributed by atoms with Crippen molar-refractivity contribution >= 4 is 0 Å². The molecular weight excluding hydrogens is 272 g/mol. The summed E-state index contributed by atoms with van der Waals surface area (Å²) in [6.45, 7) is 4.08. The highest BCUT2D eigenvalue weighted by Crippen LogP contribution is 2.29. The normalized spacial score (nSPS) is 10.3. The summed E-state index contributed by atoms with van der Waals surface area (Å²) in [6.07, 6.45) is 0. The first kappa shape index (κ1) is 14.2. The van der Waals surface area contributed by atoms with E-state index in [-0.39, 0.29) is 0 Å². The molecule has 0 unspecified atom stereocenters. The fourth-order valence-electron chi connectivity index (χ4n) is 2.21. The van der Waals surface area contributed by atoms with Crippen molar-refractivity contribution < 1.29 is 9.47 Å². The van der Waals surface area contributed by atoms with Crippen molar-refractivity contribution in [2.75, 3.05) is 0 Å². The molecule has 0 saturated carbocycles. The van der Waals surface area contributed by atoms with Gasteiger partial charge in [-0.2, -0.15) is 0 Å². The van der Waals surface area contributed by atoms with Gasteiger partial charge in [0.2, 0.25) is 0 Å². The monoisotopic (exact) mass is 290 g/mol. The van der Waals surface area contributed by atoms with Crippen LogP contribution in [-0.2, 0) is 0 Å². The molecule has 0 aliphatic rings. The van der Waals surface area contributed by atoms with Crippen molar-refractivity contribution in [2.24, 2.45) is 0 Å². The second-order valence-corrected chi connectivity index (χ2v) is 5.26. The van der Waals surface area contributed by atoms with E-state index < -0.39 is 0 Å². The minimum atomic E-state index is 0.761. The van der Waals surface area contributed by atoms with E-state index in [0.717, 1.165) is 28.6 Å². The molecule has 3 rings (SSSR count). The van der Waals surface area contributed by atoms with E-state index >= 15 is 0 Å². The van der Waals surface area contributed by atoms with E-state index in [1.54, 1.807) is 0 Å². The van der Waals surface area contributed by atoms with Gasteiger partial charge in [0.15, 0.2) is 0 Å². The maximum Gasteiger partial charge on any atom is 0.131 e. The first-order valence-corrected chi connectivity index (χ1v) is 7.29. The molecule has 0 amide bonds. The minimum absolute atomic E-state index is 0.761. The Morgan fingerprint density at radius 3 is 1.95 bits per heavy atom. The minimum Gasteiger partial charge on any atom is -0.457 e. The highest BCUT2D eigenvalue weighted by molar-refractivity contribution is 5.41. The van der Waals surface area contributed by atoms with Crippen LogP contribution in [0.5, 0.6) is 23.0 Å². The zero-order valence-corrected chi connectivity index (χ0v) is 12.7. The number of para-hydroxylation sites is 1. The van der Waals surface area contributed by atoms with Crippen LogP contribution in [0.1, 0.15) is 11.1 Å². The lowest BCUT2D eigenvalue weighted by molar-refractivity contribution is 0.458. The van der Waals surface area contributed by atoms with Crippen molar-refractivity contribution in [2.45, 2.75) is 13.8 Å². The third-order valence-corrected chi connectivity index (χ3v) is 3.35. The van der Waals surface area contributed by atoms with Crippen molar-refractivity contribution in [1.29, 1.82) is 0 Å². The van der Waals surface area contributed by atoms with E-state index in [4.69, 9.17) is 9.47 Å². The van der Waals surface area contributed by atoms with Gasteiger partial charge in [0.25, 0.3) is 0 Å². The second-order valence-electron chi connectivity index (χ2n) is 5.26. The Labute approximate surface area is 131 Å². The highest BCUT2D eigenvalue weighted by Gasteiger charge is 2.03. The van der Waals surface area contributed by atoms with Crippen LogP contribution >= 0.6 is 0 Å². The molecule has 0 aliphatic carbocycles. The molecule has 0 heterocycles. The van der Waals surface area contributed by atoms with Crippen LogP contribution in [-0.4, -0.2) is 0 Å². The molecule has 3 aromatic carbocycles. The van der Waals surface area contributed by atoms with Crippen LogP contribution in [0, 0.1) is 13.8 Å². The molecule has 22 heavy (non-hydrogen) atoms. The number of hydrogen-bond donors (Lipinski definition) is 0. The first-order chi connectivity index (χ1) is 10.7. The average molecular weight is 290 g/mol. The Kier molecular flexibility index (Phi) is 4.10. The summed E-state index contributed by atoms with van der Waals surface area (Å²) >= 11 is 0. The lowest BCUT2D eigenvalue weighted by atomic mass is 10.2. The van der Waals surface area contributed by atoms with Gasteiger partial charge >= 0.3 is 0 Å². The average Bonchev–Trinajstić information content (AvgIpc) is 2.50. The van der Waals surface area contributed by atoms with Crippen LogP contribution < -0.4 is 9.47 Å². The van der Waals surface area contributed by atoms with Gasteiger partial charge in [0, 0.05) is 6.07 Å². The Morgan fingerprint density at radius 1 is 0.591 bits per heavy atom. The predicted molar refractivity (Wildman–Crippen MR) is 88.9 cm³/mol. The van der Waals surface area contributed by atoms with E-state index in [2.05, 4.69) is 0 Å². The van der Waals surface area contributed by atoms with E-state index in [1.807, 2.05) is 86.6 Å². The summed E-state index contributed by atoms with van der Waals surface area (Å²) in [7, 11) is 0. The molecule has 2 nitrogen and oxygen atoms in total. The summed E-state index contributed by atoms with van der Waals surface area (Å²) in [6, 6.07) is 23.6. The predicted octanol–water partition coefficient (Wildman–Crippen LogP) is 5.89. The molecule has 2 heteroatoms. The van der Waals surface area contributed by atoms with Crippen LogP contribution in [0.2, 0.25) is 0 Å². The van der Waals surface area contributed by atoms with Gasteiger partial charge in [0.05, 0.1) is 0 Å². The standard InChI is InChI=1S/C20H18O2/c1-15-7-5-9-17(13-15)21-18-10-6-11-19(14-18)22-20-12-4-3-8-16(20)2/h3-14H,1-2H3. The van der Waals surface area contributed by atoms with Gasteiger partial charge in [-0.3, -0.25) is 0 Å². The number of ether oxygens (including phenoxy) is 2. The molecule has 3 aromatic rings. The van der Waals surface area contributed by atoms with E-state index in [1.165, 1.54) is 5.56 Å². The van der Waals surface area contributed by atoms with E-state index in [9.17, 15) is 0 Å². The van der Waals surface area contributed by atoms with Gasteiger partial charge < -0.3 is 9.47 Å². The zero-order chi connectivity index (χ0) is 15.4. The first-order valence-electron chi connectivity index (χ1n) is 7.29. The molecule has 0 atom stereocenters. The van der Waals surface area contributed by atoms with Gasteiger partial charge in [-0.15, -0.1) is 0 Å². The maximum absolute atomic E-state index is 5.93. The van der Waals surface area contributed by atoms with Gasteiger partial charge in [-0.25, -0.2) is 0 Å². The van der Waals surface area contributed by atoms with Crippen LogP contribution in [0.25, 0.3) is 0 Å². The van der Waals surface area contributed by atoms with Crippen molar-refractivity contribution in [3.05, 3.63) is 83.9 Å². The third-order valence-electron chi connectivity index (χ3n) is 3.35. The van der Waals surface area contributed by atoms with Gasteiger partial charge in [0.1, 0.15) is 23.0 Å². The van der Waals surface area contributed by atoms with Crippen LogP contribution in [0.3, 0.4) is 0 Å². The maximum atomic E-state index is 5.93. The summed E-state index contributed by atoms with van der Waals surface area (Å²) < 4.78 is 11.8. The van der Waals surface area contributed by atoms with Crippen LogP contribution in [0.15, 0.2) is 72.8 Å². The summed E-state index contributed by atoms with van der Waals surface area (Å²) in [4.78, 5) is 0. The summed E-state index contributed by atoms with van der Waals surface area (Å²) in [5.41, 5.74) is 2.28. The lowest BCUT2D eigenvalue weighted by Gasteiger charge is -2.11. The molecule has 0 spiro atoms. The quantitative estimate of drug-likeness (QED) is 0.596. The second kappa shape index (κ2) is 6.35. The lowest BCUT2D eigenvalue weighted by Crippen LogP contribution is -1.89. The third kappa shape index (κ3) is 3.47. The van der Waals surface area contributed by atoms with Crippen molar-refractivity contribution in [3.8, 4) is 23.0 Å². The number of benzene rings is 3. The molecular formula is C20H18O2. The molecule has 0 bridgehead atoms. The van der Waals surface area contributed by atoms with Crippen molar-refractivity contribution in [1.82, 2.24) is 0 Å². The Balaban J connectivity index is 1.79. The summed E-state index contributed by atoms with van der Waals surface area (Å²) in [5, 5.41) is 0. The molecule has 0 aromatic heterocycles. The number of rotatable bonds is 4. The highest BCUT2D eigenvalue weighted by atomic mass is 16.5. The van der Waals surface area contributed by atoms with Gasteiger partial charge in [-0.1, -0.05) is 36.4 Å². The van der Waals surface area contributed by atoms with E-state index in [0.29, 0.717) is 0 Å². The molecule has 110 valence electrons. The Bertz CT molecular complexity index is 778. The fraction of sp³-hybridized carbons (Fsp3) is 0.100. The smallest absolute Gasteiger partial charge is 0.131 e. The largest absolute Gasteiger partial charge is 0.457 e. The number of hydrogen-bond acceptors (Lipinski definition) is 2. The molecule has 0 fully saturated rings. The SMILES string of the molecule is Cc1cccc(Oc2cccc(Oc3ccccc3C)c2)c1. The molecule has 0 aliphatic heterocycles. The molecule has 0 saturated heterocycles. The summed E-state index contributed by atoms with van der Waals surface area (Å²) in [5.74, 6) is 3.21. The number of aryl methyl sites for hydroxylation is 2.